The van der Waals surface area contributed by atoms with E-state index >= 15 is 0 Å². The van der Waals surface area contributed by atoms with E-state index in [-0.39, 0.29) is 12.1 Å². The number of esters is 1. The second-order valence-corrected chi connectivity index (χ2v) is 8.09. The van der Waals surface area contributed by atoms with Crippen LogP contribution in [0.5, 0.6) is 0 Å². The van der Waals surface area contributed by atoms with Crippen molar-refractivity contribution in [1.29, 1.82) is 0 Å². The van der Waals surface area contributed by atoms with Gasteiger partial charge in [0, 0.05) is 0 Å². The smallest absolute Gasteiger partial charge is 0.310 e. The Morgan fingerprint density at radius 3 is 2.15 bits per heavy atom. The van der Waals surface area contributed by atoms with Crippen molar-refractivity contribution >= 4 is 11.9 Å². The average molecular weight is 367 g/mol. The summed E-state index contributed by atoms with van der Waals surface area (Å²) in [5.41, 5.74) is 0. The van der Waals surface area contributed by atoms with E-state index in [4.69, 9.17) is 4.74 Å². The highest BCUT2D eigenvalue weighted by Crippen LogP contribution is 2.28. The Kier molecular flexibility index (Phi) is 11.3. The Morgan fingerprint density at radius 2 is 1.58 bits per heavy atom. The summed E-state index contributed by atoms with van der Waals surface area (Å²) in [6.07, 6.45) is 15.0. The number of carbonyl (C=O) groups excluding carboxylic acids is 1. The van der Waals surface area contributed by atoms with Crippen LogP contribution in [0.4, 0.5) is 0 Å². The van der Waals surface area contributed by atoms with Crippen LogP contribution in [0.2, 0.25) is 0 Å². The predicted molar refractivity (Wildman–Crippen MR) is 105 cm³/mol. The van der Waals surface area contributed by atoms with Crippen molar-refractivity contribution in [1.82, 2.24) is 0 Å². The highest BCUT2D eigenvalue weighted by Gasteiger charge is 2.36. The van der Waals surface area contributed by atoms with Gasteiger partial charge in [-0.15, -0.1) is 0 Å². The number of allylic oxidation sites excluding steroid dienone is 2. The lowest BCUT2D eigenvalue weighted by Gasteiger charge is -2.27. The number of hydrogen-bond donors (Lipinski definition) is 1. The van der Waals surface area contributed by atoms with E-state index in [1.54, 1.807) is 0 Å². The molecule has 0 fully saturated rings. The molecule has 0 spiro atoms. The van der Waals surface area contributed by atoms with Crippen LogP contribution in [-0.2, 0) is 14.3 Å². The van der Waals surface area contributed by atoms with Crippen molar-refractivity contribution < 1.29 is 19.4 Å². The molecule has 1 aliphatic rings. The van der Waals surface area contributed by atoms with Gasteiger partial charge in [0.05, 0.1) is 11.8 Å². The van der Waals surface area contributed by atoms with Crippen molar-refractivity contribution in [2.24, 2.45) is 17.8 Å². The first-order valence-corrected chi connectivity index (χ1v) is 10.5. The zero-order chi connectivity index (χ0) is 19.4. The van der Waals surface area contributed by atoms with Crippen LogP contribution in [0.15, 0.2) is 12.2 Å². The first kappa shape index (κ1) is 22.7. The molecule has 0 saturated carbocycles. The van der Waals surface area contributed by atoms with Gasteiger partial charge in [-0.05, 0) is 38.0 Å². The molecule has 0 amide bonds. The highest BCUT2D eigenvalue weighted by atomic mass is 16.5. The summed E-state index contributed by atoms with van der Waals surface area (Å²) in [7, 11) is 0. The SMILES string of the molecule is CCCCCCCCCC(CC(C)C)OC(=O)C1CC=CCC1C(=O)O. The van der Waals surface area contributed by atoms with Crippen LogP contribution in [0, 0.1) is 17.8 Å². The van der Waals surface area contributed by atoms with Gasteiger partial charge >= 0.3 is 11.9 Å². The standard InChI is InChI=1S/C22H38O4/c1-4-5-6-7-8-9-10-13-18(16-17(2)3)26-22(25)20-15-12-11-14-19(20)21(23)24/h11-12,17-20H,4-10,13-16H2,1-3H3,(H,23,24). The lowest BCUT2D eigenvalue weighted by molar-refractivity contribution is -0.162. The molecule has 0 radical (unpaired) electrons. The molecule has 26 heavy (non-hydrogen) atoms. The molecule has 0 bridgehead atoms. The van der Waals surface area contributed by atoms with E-state index in [9.17, 15) is 14.7 Å². The van der Waals surface area contributed by atoms with E-state index in [1.165, 1.54) is 38.5 Å². The molecule has 1 aliphatic carbocycles. The number of ether oxygens (including phenoxy) is 1. The van der Waals surface area contributed by atoms with Gasteiger partial charge in [0.2, 0.25) is 0 Å². The third kappa shape index (κ3) is 8.86. The normalized spacial score (nSPS) is 20.9. The second kappa shape index (κ2) is 12.9. The average Bonchev–Trinajstić information content (AvgIpc) is 2.60. The Morgan fingerprint density at radius 1 is 1.00 bits per heavy atom. The van der Waals surface area contributed by atoms with Gasteiger partial charge in [0.1, 0.15) is 6.10 Å². The summed E-state index contributed by atoms with van der Waals surface area (Å²) in [6, 6.07) is 0. The van der Waals surface area contributed by atoms with Crippen LogP contribution in [-0.4, -0.2) is 23.1 Å². The number of carboxylic acid groups (broad SMARTS) is 1. The Balaban J connectivity index is 2.46. The van der Waals surface area contributed by atoms with E-state index in [1.807, 2.05) is 12.2 Å². The zero-order valence-electron chi connectivity index (χ0n) is 16.9. The number of carbonyl (C=O) groups is 2. The minimum absolute atomic E-state index is 0.0847. The fourth-order valence-electron chi connectivity index (χ4n) is 3.68. The molecule has 1 rings (SSSR count). The molecule has 0 heterocycles. The first-order valence-electron chi connectivity index (χ1n) is 10.5. The van der Waals surface area contributed by atoms with Crippen LogP contribution in [0.3, 0.4) is 0 Å². The molecule has 4 heteroatoms. The largest absolute Gasteiger partial charge is 0.481 e. The summed E-state index contributed by atoms with van der Waals surface area (Å²) in [6.45, 7) is 6.49. The van der Waals surface area contributed by atoms with Gasteiger partial charge in [-0.3, -0.25) is 9.59 Å². The predicted octanol–water partition coefficient (Wildman–Crippen LogP) is 5.75. The molecule has 0 aromatic rings. The monoisotopic (exact) mass is 366 g/mol. The molecule has 1 N–H and O–H groups in total. The summed E-state index contributed by atoms with van der Waals surface area (Å²) in [5.74, 6) is -1.95. The van der Waals surface area contributed by atoms with Gasteiger partial charge in [-0.2, -0.15) is 0 Å². The van der Waals surface area contributed by atoms with Crippen molar-refractivity contribution in [3.63, 3.8) is 0 Å². The van der Waals surface area contributed by atoms with Gasteiger partial charge in [-0.1, -0.05) is 71.4 Å². The molecule has 0 aliphatic heterocycles. The van der Waals surface area contributed by atoms with Crippen LogP contribution in [0.25, 0.3) is 0 Å². The Labute approximate surface area is 159 Å². The molecule has 0 aromatic heterocycles. The number of rotatable bonds is 13. The number of carboxylic acids is 1. The molecule has 3 unspecified atom stereocenters. The Bertz CT molecular complexity index is 441. The van der Waals surface area contributed by atoms with Crippen molar-refractivity contribution in [3.8, 4) is 0 Å². The maximum Gasteiger partial charge on any atom is 0.310 e. The van der Waals surface area contributed by atoms with E-state index in [0.717, 1.165) is 19.3 Å². The van der Waals surface area contributed by atoms with Crippen LogP contribution >= 0.6 is 0 Å². The van der Waals surface area contributed by atoms with Crippen LogP contribution in [0.1, 0.15) is 91.4 Å². The van der Waals surface area contributed by atoms with E-state index in [2.05, 4.69) is 20.8 Å². The third-order valence-electron chi connectivity index (χ3n) is 5.20. The quantitative estimate of drug-likeness (QED) is 0.256. The molecule has 0 saturated heterocycles. The maximum absolute atomic E-state index is 12.6. The molecule has 0 aromatic carbocycles. The van der Waals surface area contributed by atoms with Gasteiger partial charge in [0.25, 0.3) is 0 Å². The van der Waals surface area contributed by atoms with E-state index in [0.29, 0.717) is 18.8 Å². The van der Waals surface area contributed by atoms with E-state index < -0.39 is 17.8 Å². The minimum Gasteiger partial charge on any atom is -0.481 e. The second-order valence-electron chi connectivity index (χ2n) is 8.09. The lowest BCUT2D eigenvalue weighted by Crippen LogP contribution is -2.34. The molecular weight excluding hydrogens is 328 g/mol. The van der Waals surface area contributed by atoms with Gasteiger partial charge in [-0.25, -0.2) is 0 Å². The summed E-state index contributed by atoms with van der Waals surface area (Å²) in [4.78, 5) is 24.0. The van der Waals surface area contributed by atoms with Crippen LogP contribution < -0.4 is 0 Å². The fourth-order valence-corrected chi connectivity index (χ4v) is 3.68. The zero-order valence-corrected chi connectivity index (χ0v) is 16.9. The number of aliphatic carboxylic acids is 1. The lowest BCUT2D eigenvalue weighted by atomic mass is 9.83. The van der Waals surface area contributed by atoms with Crippen molar-refractivity contribution in [3.05, 3.63) is 12.2 Å². The topological polar surface area (TPSA) is 63.6 Å². The molecule has 150 valence electrons. The first-order chi connectivity index (χ1) is 12.5. The Hall–Kier alpha value is -1.32. The number of unbranched alkanes of at least 4 members (excludes halogenated alkanes) is 6. The van der Waals surface area contributed by atoms with Crippen molar-refractivity contribution in [2.75, 3.05) is 0 Å². The van der Waals surface area contributed by atoms with Gasteiger partial charge < -0.3 is 9.84 Å². The highest BCUT2D eigenvalue weighted by molar-refractivity contribution is 5.81. The minimum atomic E-state index is -0.899. The van der Waals surface area contributed by atoms with Gasteiger partial charge in [0.15, 0.2) is 0 Å². The summed E-state index contributed by atoms with van der Waals surface area (Å²) < 4.78 is 5.79. The fraction of sp³-hybridized carbons (Fsp3) is 0.818. The molecular formula is C22H38O4. The summed E-state index contributed by atoms with van der Waals surface area (Å²) >= 11 is 0. The molecule has 4 nitrogen and oxygen atoms in total. The van der Waals surface area contributed by atoms with Crippen molar-refractivity contribution in [2.45, 2.75) is 97.5 Å². The molecule has 3 atom stereocenters. The third-order valence-corrected chi connectivity index (χ3v) is 5.20. The number of hydrogen-bond acceptors (Lipinski definition) is 3. The summed E-state index contributed by atoms with van der Waals surface area (Å²) in [5, 5.41) is 9.36. The maximum atomic E-state index is 12.6.